The minimum absolute atomic E-state index is 0.121. The highest BCUT2D eigenvalue weighted by Crippen LogP contribution is 2.10. The van der Waals surface area contributed by atoms with Gasteiger partial charge in [0.15, 0.2) is 0 Å². The van der Waals surface area contributed by atoms with Gasteiger partial charge < -0.3 is 39.8 Å². The van der Waals surface area contributed by atoms with Crippen molar-refractivity contribution in [2.75, 3.05) is 27.3 Å². The van der Waals surface area contributed by atoms with Gasteiger partial charge in [0.25, 0.3) is 22.9 Å². The quantitative estimate of drug-likeness (QED) is 0.0753. The van der Waals surface area contributed by atoms with Crippen molar-refractivity contribution in [3.8, 4) is 0 Å². The summed E-state index contributed by atoms with van der Waals surface area (Å²) in [7, 11) is 2.23. The number of alkyl carbamates (subject to hydrolysis) is 1. The van der Waals surface area contributed by atoms with Gasteiger partial charge in [-0.05, 0) is 75.4 Å². The van der Waals surface area contributed by atoms with Crippen molar-refractivity contribution in [2.45, 2.75) is 64.9 Å². The Balaban J connectivity index is 1.59. The van der Waals surface area contributed by atoms with Crippen LogP contribution in [0.3, 0.4) is 0 Å². The van der Waals surface area contributed by atoms with Gasteiger partial charge in [-0.2, -0.15) is 0 Å². The molecule has 0 aliphatic rings. The van der Waals surface area contributed by atoms with Crippen molar-refractivity contribution in [1.29, 1.82) is 0 Å². The van der Waals surface area contributed by atoms with Crippen LogP contribution < -0.4 is 36.7 Å². The molecule has 308 valence electrons. The first kappa shape index (κ1) is 43.8. The molecule has 1 atom stereocenters. The Morgan fingerprint density at radius 3 is 1.59 bits per heavy atom. The van der Waals surface area contributed by atoms with Gasteiger partial charge in [-0.3, -0.25) is 19.2 Å². The number of nitrogens with one attached hydrogen (secondary N) is 3. The highest BCUT2D eigenvalue weighted by atomic mass is 16.7. The van der Waals surface area contributed by atoms with Crippen LogP contribution in [-0.4, -0.2) is 78.3 Å². The zero-order valence-corrected chi connectivity index (χ0v) is 32.9. The molecule has 17 nitrogen and oxygen atoms in total. The molecule has 17 heteroatoms. The second kappa shape index (κ2) is 20.8. The standard InChI is InChI=1S/C41H47N5O12/c1-41(2,3)58-40(53)42-23-13-12-18-29(44-35(48)33-22-20-31(39(52)55-5)37(50)46(33)57-26-28-16-10-7-11-17-28)24-43-34(47)32-21-19-30(38(51)54-4)36(49)45(32)56-25-27-14-8-6-9-15-27/h6-11,14-17,19-22,29H,12-13,18,23-26H2,1-5H3,(H,42,53)(H,43,47)(H,44,48)/t29-/m0/s1. The van der Waals surface area contributed by atoms with Crippen molar-refractivity contribution >= 4 is 29.8 Å². The number of nitrogens with zero attached hydrogens (tertiary/aromatic N) is 2. The average molecular weight is 802 g/mol. The van der Waals surface area contributed by atoms with Crippen LogP contribution in [0.15, 0.2) is 94.5 Å². The summed E-state index contributed by atoms with van der Waals surface area (Å²) in [6, 6.07) is 21.6. The molecule has 0 saturated carbocycles. The van der Waals surface area contributed by atoms with Crippen LogP contribution in [0.2, 0.25) is 0 Å². The van der Waals surface area contributed by atoms with Crippen LogP contribution in [0.4, 0.5) is 4.79 Å². The highest BCUT2D eigenvalue weighted by molar-refractivity contribution is 5.95. The lowest BCUT2D eigenvalue weighted by molar-refractivity contribution is 0.0524. The van der Waals surface area contributed by atoms with Gasteiger partial charge in [0.2, 0.25) is 0 Å². The SMILES string of the molecule is COC(=O)c1ccc(C(=O)NC[C@H](CCCCNC(=O)OC(C)(C)C)NC(=O)c2ccc(C(=O)OC)c(=O)n2OCc2ccccc2)n(OCc2ccccc2)c1=O. The molecular formula is C41H47N5O12. The molecule has 58 heavy (non-hydrogen) atoms. The van der Waals surface area contributed by atoms with E-state index in [1.807, 2.05) is 0 Å². The third-order valence-electron chi connectivity index (χ3n) is 8.26. The fourth-order valence-electron chi connectivity index (χ4n) is 5.40. The minimum atomic E-state index is -0.933. The number of unbranched alkanes of at least 4 members (excludes halogenated alkanes) is 1. The van der Waals surface area contributed by atoms with E-state index in [0.29, 0.717) is 33.4 Å². The van der Waals surface area contributed by atoms with E-state index in [9.17, 15) is 33.6 Å². The maximum Gasteiger partial charge on any atom is 0.407 e. The molecule has 4 aromatic rings. The molecule has 0 fully saturated rings. The molecule has 0 aliphatic heterocycles. The zero-order chi connectivity index (χ0) is 42.2. The van der Waals surface area contributed by atoms with E-state index in [4.69, 9.17) is 23.9 Å². The molecule has 3 amide bonds. The Hall–Kier alpha value is -6.91. The number of methoxy groups -OCH3 is 2. The van der Waals surface area contributed by atoms with Gasteiger partial charge in [-0.25, -0.2) is 14.4 Å². The van der Waals surface area contributed by atoms with E-state index >= 15 is 0 Å². The largest absolute Gasteiger partial charge is 0.465 e. The lowest BCUT2D eigenvalue weighted by atomic mass is 10.1. The smallest absolute Gasteiger partial charge is 0.407 e. The fourth-order valence-corrected chi connectivity index (χ4v) is 5.40. The van der Waals surface area contributed by atoms with Crippen molar-refractivity contribution in [2.24, 2.45) is 0 Å². The lowest BCUT2D eigenvalue weighted by Crippen LogP contribution is -2.47. The van der Waals surface area contributed by atoms with E-state index < -0.39 is 52.6 Å². The topological polar surface area (TPSA) is 212 Å². The van der Waals surface area contributed by atoms with Gasteiger partial charge in [-0.1, -0.05) is 60.7 Å². The summed E-state index contributed by atoms with van der Waals surface area (Å²) in [6.45, 7) is 5.04. The van der Waals surface area contributed by atoms with E-state index in [1.165, 1.54) is 12.1 Å². The number of carbonyl (C=O) groups excluding carboxylic acids is 5. The number of aromatic nitrogens is 2. The van der Waals surface area contributed by atoms with Crippen LogP contribution in [0.5, 0.6) is 0 Å². The van der Waals surface area contributed by atoms with E-state index in [0.717, 1.165) is 26.4 Å². The maximum atomic E-state index is 13.9. The molecule has 0 radical (unpaired) electrons. The normalized spacial score (nSPS) is 11.4. The first-order valence-corrected chi connectivity index (χ1v) is 18.3. The number of carbonyl (C=O) groups is 5. The van der Waals surface area contributed by atoms with E-state index in [2.05, 4.69) is 16.0 Å². The number of rotatable bonds is 18. The van der Waals surface area contributed by atoms with E-state index in [1.54, 1.807) is 81.4 Å². The predicted octanol–water partition coefficient (Wildman–Crippen LogP) is 3.06. The molecule has 2 aromatic heterocycles. The monoisotopic (exact) mass is 801 g/mol. The Kier molecular flexibility index (Phi) is 15.7. The van der Waals surface area contributed by atoms with Crippen molar-refractivity contribution in [3.05, 3.63) is 139 Å². The first-order valence-electron chi connectivity index (χ1n) is 18.3. The molecule has 4 rings (SSSR count). The summed E-state index contributed by atoms with van der Waals surface area (Å²) in [5, 5.41) is 8.21. The third kappa shape index (κ3) is 12.6. The molecule has 2 aromatic carbocycles. The molecule has 2 heterocycles. The summed E-state index contributed by atoms with van der Waals surface area (Å²) in [5.41, 5.74) is -2.42. The van der Waals surface area contributed by atoms with Gasteiger partial charge in [0.1, 0.15) is 41.3 Å². The Bertz CT molecular complexity index is 2180. The summed E-state index contributed by atoms with van der Waals surface area (Å²) in [4.78, 5) is 103. The second-order valence-electron chi connectivity index (χ2n) is 13.8. The first-order chi connectivity index (χ1) is 27.7. The van der Waals surface area contributed by atoms with Gasteiger partial charge in [-0.15, -0.1) is 9.46 Å². The lowest BCUT2D eigenvalue weighted by Gasteiger charge is -2.22. The van der Waals surface area contributed by atoms with Gasteiger partial charge in [0, 0.05) is 19.1 Å². The number of hydrogen-bond acceptors (Lipinski definition) is 12. The van der Waals surface area contributed by atoms with E-state index in [-0.39, 0.29) is 55.2 Å². The minimum Gasteiger partial charge on any atom is -0.465 e. The summed E-state index contributed by atoms with van der Waals surface area (Å²) < 4.78 is 16.1. The number of benzene rings is 2. The van der Waals surface area contributed by atoms with Crippen molar-refractivity contribution < 1.29 is 47.9 Å². The number of hydrogen-bond donors (Lipinski definition) is 3. The van der Waals surface area contributed by atoms with Crippen LogP contribution in [-0.2, 0) is 27.4 Å². The summed E-state index contributed by atoms with van der Waals surface area (Å²) in [5.74, 6) is -3.42. The van der Waals surface area contributed by atoms with Gasteiger partial charge >= 0.3 is 18.0 Å². The molecule has 0 spiro atoms. The van der Waals surface area contributed by atoms with Crippen LogP contribution in [0, 0.1) is 0 Å². The number of ether oxygens (including phenoxy) is 3. The number of esters is 2. The Labute approximate surface area is 334 Å². The Morgan fingerprint density at radius 2 is 1.12 bits per heavy atom. The molecule has 0 aliphatic carbocycles. The molecule has 3 N–H and O–H groups in total. The summed E-state index contributed by atoms with van der Waals surface area (Å²) in [6.07, 6.45) is 0.566. The molecular weight excluding hydrogens is 754 g/mol. The van der Waals surface area contributed by atoms with Crippen molar-refractivity contribution in [3.63, 3.8) is 0 Å². The number of pyridine rings is 2. The van der Waals surface area contributed by atoms with Crippen LogP contribution >= 0.6 is 0 Å². The molecule has 0 bridgehead atoms. The highest BCUT2D eigenvalue weighted by Gasteiger charge is 2.25. The summed E-state index contributed by atoms with van der Waals surface area (Å²) >= 11 is 0. The molecule has 0 saturated heterocycles. The van der Waals surface area contributed by atoms with Crippen LogP contribution in [0.25, 0.3) is 0 Å². The Morgan fingerprint density at radius 1 is 0.638 bits per heavy atom. The molecule has 0 unspecified atom stereocenters. The van der Waals surface area contributed by atoms with Crippen molar-refractivity contribution in [1.82, 2.24) is 25.4 Å². The second-order valence-corrected chi connectivity index (χ2v) is 13.8. The third-order valence-corrected chi connectivity index (χ3v) is 8.26. The van der Waals surface area contributed by atoms with Crippen LogP contribution in [0.1, 0.15) is 92.9 Å². The fraction of sp³-hybridized carbons (Fsp3) is 0.341. The maximum absolute atomic E-state index is 13.9. The zero-order valence-electron chi connectivity index (χ0n) is 32.9. The number of amides is 3. The predicted molar refractivity (Wildman–Crippen MR) is 209 cm³/mol. The average Bonchev–Trinajstić information content (AvgIpc) is 3.20. The van der Waals surface area contributed by atoms with Gasteiger partial charge in [0.05, 0.1) is 14.2 Å².